The van der Waals surface area contributed by atoms with Gasteiger partial charge < -0.3 is 10.6 Å². The number of rotatable bonds is 5. The van der Waals surface area contributed by atoms with Crippen LogP contribution in [0.1, 0.15) is 21.6 Å². The monoisotopic (exact) mass is 373 g/mol. The van der Waals surface area contributed by atoms with E-state index in [-0.39, 0.29) is 11.6 Å². The summed E-state index contributed by atoms with van der Waals surface area (Å²) in [6.07, 6.45) is 1.49. The fourth-order valence-corrected chi connectivity index (χ4v) is 2.17. The number of hydrogen-bond donors (Lipinski definition) is 2. The molecule has 0 saturated heterocycles. The lowest BCUT2D eigenvalue weighted by molar-refractivity contribution is -0.137. The van der Waals surface area contributed by atoms with Gasteiger partial charge >= 0.3 is 6.18 Å². The number of alkyl halides is 3. The largest absolute Gasteiger partial charge is 0.416 e. The molecule has 6 nitrogen and oxygen atoms in total. The second kappa shape index (κ2) is 7.81. The zero-order chi connectivity index (χ0) is 19.3. The number of pyridine rings is 1. The van der Waals surface area contributed by atoms with E-state index in [0.717, 1.165) is 17.7 Å². The highest BCUT2D eigenvalue weighted by Gasteiger charge is 2.29. The lowest BCUT2D eigenvalue weighted by Crippen LogP contribution is -2.24. The Labute approximate surface area is 152 Å². The molecule has 9 heteroatoms. The van der Waals surface area contributed by atoms with Gasteiger partial charge in [0.05, 0.1) is 18.0 Å². The maximum Gasteiger partial charge on any atom is 0.416 e. The maximum absolute atomic E-state index is 12.6. The predicted molar refractivity (Wildman–Crippen MR) is 92.2 cm³/mol. The molecular weight excluding hydrogens is 359 g/mol. The highest BCUT2D eigenvalue weighted by molar-refractivity contribution is 5.92. The van der Waals surface area contributed by atoms with Crippen molar-refractivity contribution in [1.29, 1.82) is 0 Å². The summed E-state index contributed by atoms with van der Waals surface area (Å²) in [5.74, 6) is -0.0826. The van der Waals surface area contributed by atoms with Crippen LogP contribution in [0.25, 0.3) is 0 Å². The quantitative estimate of drug-likeness (QED) is 0.715. The van der Waals surface area contributed by atoms with Gasteiger partial charge in [0.1, 0.15) is 11.5 Å². The molecule has 0 atom stereocenters. The third kappa shape index (κ3) is 5.00. The lowest BCUT2D eigenvalue weighted by atomic mass is 10.2. The number of nitrogens with zero attached hydrogens (tertiary/aromatic N) is 3. The van der Waals surface area contributed by atoms with Crippen LogP contribution in [-0.2, 0) is 12.7 Å². The first kappa shape index (κ1) is 18.3. The fourth-order valence-electron chi connectivity index (χ4n) is 2.17. The fraction of sp³-hybridized carbons (Fsp3) is 0.111. The van der Waals surface area contributed by atoms with Crippen LogP contribution in [0, 0.1) is 0 Å². The van der Waals surface area contributed by atoms with Gasteiger partial charge in [-0.2, -0.15) is 13.2 Å². The molecule has 0 radical (unpaired) electrons. The third-order valence-corrected chi connectivity index (χ3v) is 3.57. The number of carbonyl (C=O) groups is 1. The van der Waals surface area contributed by atoms with Crippen molar-refractivity contribution in [3.8, 4) is 0 Å². The summed E-state index contributed by atoms with van der Waals surface area (Å²) in [6, 6.07) is 8.08. The van der Waals surface area contributed by atoms with E-state index in [2.05, 4.69) is 25.6 Å². The first-order valence-electron chi connectivity index (χ1n) is 7.85. The van der Waals surface area contributed by atoms with Crippen molar-refractivity contribution in [3.05, 3.63) is 78.0 Å². The lowest BCUT2D eigenvalue weighted by Gasteiger charge is -2.09. The summed E-state index contributed by atoms with van der Waals surface area (Å²) < 4.78 is 37.7. The standard InChI is InChI=1S/C18H14F3N5O/c19-18(20,21)13-1-3-14(4-2-13)26-16-11-23-15(10-24-16)17(27)25-9-12-5-7-22-8-6-12/h1-8,10-11H,9H2,(H,24,26)(H,25,27). The van der Waals surface area contributed by atoms with Crippen LogP contribution < -0.4 is 10.6 Å². The maximum atomic E-state index is 12.6. The van der Waals surface area contributed by atoms with Gasteiger partial charge in [0, 0.05) is 24.6 Å². The molecule has 3 rings (SSSR count). The van der Waals surface area contributed by atoms with Crippen molar-refractivity contribution >= 4 is 17.4 Å². The summed E-state index contributed by atoms with van der Waals surface area (Å²) in [5, 5.41) is 5.54. The molecule has 0 unspecified atom stereocenters. The van der Waals surface area contributed by atoms with Crippen molar-refractivity contribution in [2.45, 2.75) is 12.7 Å². The molecule has 0 aliphatic rings. The molecule has 2 N–H and O–H groups in total. The first-order valence-corrected chi connectivity index (χ1v) is 7.85. The zero-order valence-electron chi connectivity index (χ0n) is 13.9. The van der Waals surface area contributed by atoms with Crippen LogP contribution in [0.4, 0.5) is 24.7 Å². The molecule has 0 spiro atoms. The van der Waals surface area contributed by atoms with Crippen LogP contribution in [-0.4, -0.2) is 20.9 Å². The number of anilines is 2. The summed E-state index contributed by atoms with van der Waals surface area (Å²) in [6.45, 7) is 0.328. The molecule has 2 heterocycles. The number of benzene rings is 1. The van der Waals surface area contributed by atoms with E-state index in [1.54, 1.807) is 24.5 Å². The minimum atomic E-state index is -4.39. The summed E-state index contributed by atoms with van der Waals surface area (Å²) in [7, 11) is 0. The Hall–Kier alpha value is -3.49. The number of halogens is 3. The van der Waals surface area contributed by atoms with Gasteiger partial charge in [-0.3, -0.25) is 9.78 Å². The molecule has 27 heavy (non-hydrogen) atoms. The molecule has 2 aromatic heterocycles. The van der Waals surface area contributed by atoms with E-state index < -0.39 is 11.7 Å². The van der Waals surface area contributed by atoms with Crippen LogP contribution in [0.2, 0.25) is 0 Å². The second-order valence-corrected chi connectivity index (χ2v) is 5.53. The van der Waals surface area contributed by atoms with Gasteiger partial charge in [-0.05, 0) is 42.0 Å². The van der Waals surface area contributed by atoms with Crippen LogP contribution in [0.3, 0.4) is 0 Å². The van der Waals surface area contributed by atoms with Crippen LogP contribution in [0.5, 0.6) is 0 Å². The van der Waals surface area contributed by atoms with Gasteiger partial charge in [0.15, 0.2) is 0 Å². The highest BCUT2D eigenvalue weighted by atomic mass is 19.4. The highest BCUT2D eigenvalue weighted by Crippen LogP contribution is 2.30. The van der Waals surface area contributed by atoms with Crippen molar-refractivity contribution in [3.63, 3.8) is 0 Å². The van der Waals surface area contributed by atoms with E-state index >= 15 is 0 Å². The Morgan fingerprint density at radius 3 is 2.26 bits per heavy atom. The van der Waals surface area contributed by atoms with Gasteiger partial charge in [-0.1, -0.05) is 0 Å². The van der Waals surface area contributed by atoms with Gasteiger partial charge in [0.2, 0.25) is 0 Å². The molecule has 0 fully saturated rings. The smallest absolute Gasteiger partial charge is 0.347 e. The van der Waals surface area contributed by atoms with Gasteiger partial charge in [0.25, 0.3) is 5.91 Å². The summed E-state index contributed by atoms with van der Waals surface area (Å²) >= 11 is 0. The van der Waals surface area contributed by atoms with Crippen molar-refractivity contribution in [1.82, 2.24) is 20.3 Å². The molecule has 0 bridgehead atoms. The van der Waals surface area contributed by atoms with E-state index in [0.29, 0.717) is 18.1 Å². The Kier molecular flexibility index (Phi) is 5.30. The molecule has 1 amide bonds. The molecular formula is C18H14F3N5O. The summed E-state index contributed by atoms with van der Waals surface area (Å²) in [4.78, 5) is 24.0. The minimum Gasteiger partial charge on any atom is -0.347 e. The third-order valence-electron chi connectivity index (χ3n) is 3.57. The van der Waals surface area contributed by atoms with E-state index in [9.17, 15) is 18.0 Å². The molecule has 0 aliphatic carbocycles. The van der Waals surface area contributed by atoms with Crippen molar-refractivity contribution in [2.24, 2.45) is 0 Å². The van der Waals surface area contributed by atoms with Gasteiger partial charge in [-0.15, -0.1) is 0 Å². The van der Waals surface area contributed by atoms with Crippen LogP contribution >= 0.6 is 0 Å². The Bertz CT molecular complexity index is 897. The van der Waals surface area contributed by atoms with E-state index in [1.165, 1.54) is 24.5 Å². The first-order chi connectivity index (χ1) is 12.9. The average Bonchev–Trinajstić information content (AvgIpc) is 2.67. The molecule has 138 valence electrons. The molecule has 0 saturated carbocycles. The van der Waals surface area contributed by atoms with E-state index in [1.807, 2.05) is 0 Å². The normalized spacial score (nSPS) is 11.1. The number of hydrogen-bond acceptors (Lipinski definition) is 5. The molecule has 3 aromatic rings. The Morgan fingerprint density at radius 2 is 1.67 bits per heavy atom. The Morgan fingerprint density at radius 1 is 0.963 bits per heavy atom. The SMILES string of the molecule is O=C(NCc1ccncc1)c1cnc(Nc2ccc(C(F)(F)F)cc2)cn1. The molecule has 0 aliphatic heterocycles. The average molecular weight is 373 g/mol. The van der Waals surface area contributed by atoms with Gasteiger partial charge in [-0.25, -0.2) is 9.97 Å². The number of amides is 1. The summed E-state index contributed by atoms with van der Waals surface area (Å²) in [5.41, 5.74) is 0.710. The van der Waals surface area contributed by atoms with Crippen LogP contribution in [0.15, 0.2) is 61.2 Å². The predicted octanol–water partition coefficient (Wildman–Crippen LogP) is 3.56. The number of aromatic nitrogens is 3. The number of nitrogens with one attached hydrogen (secondary N) is 2. The topological polar surface area (TPSA) is 79.8 Å². The van der Waals surface area contributed by atoms with Crippen molar-refractivity contribution in [2.75, 3.05) is 5.32 Å². The zero-order valence-corrected chi connectivity index (χ0v) is 13.9. The minimum absolute atomic E-state index is 0.127. The Balaban J connectivity index is 1.59. The van der Waals surface area contributed by atoms with E-state index in [4.69, 9.17) is 0 Å². The number of carbonyl (C=O) groups excluding carboxylic acids is 1. The van der Waals surface area contributed by atoms with Crippen molar-refractivity contribution < 1.29 is 18.0 Å². The second-order valence-electron chi connectivity index (χ2n) is 5.53. The molecule has 1 aromatic carbocycles.